The van der Waals surface area contributed by atoms with Crippen LogP contribution in [0.1, 0.15) is 197 Å². The van der Waals surface area contributed by atoms with Crippen LogP contribution in [0.25, 0.3) is 0 Å². The summed E-state index contributed by atoms with van der Waals surface area (Å²) in [6, 6.07) is 0. The number of unbranched alkanes of at least 4 members (excludes halogenated alkanes) is 16. The first-order valence-electron chi connectivity index (χ1n) is 17.5. The van der Waals surface area contributed by atoms with E-state index in [9.17, 15) is 0 Å². The summed E-state index contributed by atoms with van der Waals surface area (Å²) < 4.78 is 7.12. The van der Waals surface area contributed by atoms with Crippen molar-refractivity contribution in [1.82, 2.24) is 0 Å². The largest absolute Gasteiger partial charge is 0.374 e. The van der Waals surface area contributed by atoms with E-state index in [0.717, 1.165) is 11.8 Å². The molecule has 0 aromatic carbocycles. The van der Waals surface area contributed by atoms with Crippen LogP contribution in [0.15, 0.2) is 0 Å². The third kappa shape index (κ3) is 23.6. The Morgan fingerprint density at radius 1 is 0.378 bits per heavy atom. The van der Waals surface area contributed by atoms with Gasteiger partial charge in [-0.05, 0) is 49.4 Å². The molecule has 0 bridgehead atoms. The molecular formula is C36H74O. The molecule has 0 aliphatic carbocycles. The summed E-state index contributed by atoms with van der Waals surface area (Å²) in [6.45, 7) is 19.1. The lowest BCUT2D eigenvalue weighted by Crippen LogP contribution is -2.33. The second-order valence-corrected chi connectivity index (χ2v) is 13.7. The van der Waals surface area contributed by atoms with Crippen LogP contribution in [0.4, 0.5) is 0 Å². The Morgan fingerprint density at radius 2 is 0.649 bits per heavy atom. The van der Waals surface area contributed by atoms with E-state index in [0.29, 0.717) is 24.0 Å². The number of hydrogen-bond donors (Lipinski definition) is 0. The van der Waals surface area contributed by atoms with E-state index in [1.807, 2.05) is 0 Å². The minimum absolute atomic E-state index is 0.449. The zero-order chi connectivity index (χ0) is 27.7. The SMILES string of the molecule is CCCCCCCCCCCC(OC(CCCCCCCCCCC)C(C)CC(C)C)C(C)CC(C)C. The predicted octanol–water partition coefficient (Wildman–Crippen LogP) is 12.9. The van der Waals surface area contributed by atoms with Gasteiger partial charge in [-0.2, -0.15) is 0 Å². The number of ether oxygens (including phenoxy) is 1. The average molecular weight is 523 g/mol. The molecule has 0 rings (SSSR count). The fourth-order valence-corrected chi connectivity index (χ4v) is 6.30. The second-order valence-electron chi connectivity index (χ2n) is 13.7. The van der Waals surface area contributed by atoms with Gasteiger partial charge in [0.15, 0.2) is 0 Å². The molecule has 0 saturated heterocycles. The lowest BCUT2D eigenvalue weighted by atomic mass is 9.88. The van der Waals surface area contributed by atoms with Crippen molar-refractivity contribution in [3.05, 3.63) is 0 Å². The second kappa shape index (κ2) is 26.2. The van der Waals surface area contributed by atoms with E-state index in [2.05, 4.69) is 55.4 Å². The van der Waals surface area contributed by atoms with Crippen molar-refractivity contribution in [1.29, 1.82) is 0 Å². The summed E-state index contributed by atoms with van der Waals surface area (Å²) in [5, 5.41) is 0. The molecule has 0 aliphatic heterocycles. The van der Waals surface area contributed by atoms with Crippen LogP contribution in [-0.2, 0) is 4.74 Å². The third-order valence-electron chi connectivity index (χ3n) is 8.49. The molecule has 0 fully saturated rings. The van der Waals surface area contributed by atoms with Crippen LogP contribution in [0.2, 0.25) is 0 Å². The molecule has 0 aromatic heterocycles. The molecule has 4 atom stereocenters. The van der Waals surface area contributed by atoms with Gasteiger partial charge >= 0.3 is 0 Å². The molecule has 4 unspecified atom stereocenters. The van der Waals surface area contributed by atoms with Gasteiger partial charge in [0.25, 0.3) is 0 Å². The van der Waals surface area contributed by atoms with E-state index in [4.69, 9.17) is 4.74 Å². The first-order valence-corrected chi connectivity index (χ1v) is 17.5. The van der Waals surface area contributed by atoms with Crippen molar-refractivity contribution in [2.24, 2.45) is 23.7 Å². The zero-order valence-electron chi connectivity index (χ0n) is 27.4. The lowest BCUT2D eigenvalue weighted by molar-refractivity contribution is -0.0772. The first kappa shape index (κ1) is 37.0. The summed E-state index contributed by atoms with van der Waals surface area (Å²) >= 11 is 0. The van der Waals surface area contributed by atoms with E-state index in [1.165, 1.54) is 141 Å². The molecular weight excluding hydrogens is 448 g/mol. The molecule has 1 heteroatoms. The Labute approximate surface area is 237 Å². The maximum atomic E-state index is 7.12. The van der Waals surface area contributed by atoms with E-state index < -0.39 is 0 Å². The highest BCUT2D eigenvalue weighted by molar-refractivity contribution is 4.75. The van der Waals surface area contributed by atoms with Gasteiger partial charge in [-0.25, -0.2) is 0 Å². The molecule has 224 valence electrons. The molecule has 0 heterocycles. The van der Waals surface area contributed by atoms with Crippen LogP contribution >= 0.6 is 0 Å². The van der Waals surface area contributed by atoms with Crippen LogP contribution in [0.5, 0.6) is 0 Å². The van der Waals surface area contributed by atoms with Crippen molar-refractivity contribution in [3.63, 3.8) is 0 Å². The standard InChI is InChI=1S/C36H74O/c1-9-11-13-15-17-19-21-23-25-27-35(33(7)29-31(3)4)37-36(34(8)30-32(5)6)28-26-24-22-20-18-16-14-12-10-2/h31-36H,9-30H2,1-8H3. The van der Waals surface area contributed by atoms with Crippen LogP contribution < -0.4 is 0 Å². The zero-order valence-corrected chi connectivity index (χ0v) is 27.4. The minimum atomic E-state index is 0.449. The van der Waals surface area contributed by atoms with E-state index >= 15 is 0 Å². The summed E-state index contributed by atoms with van der Waals surface area (Å²) in [5.41, 5.74) is 0. The van der Waals surface area contributed by atoms with Gasteiger partial charge in [-0.15, -0.1) is 0 Å². The quantitative estimate of drug-likeness (QED) is 0.0928. The molecule has 1 nitrogen and oxygen atoms in total. The van der Waals surface area contributed by atoms with Crippen molar-refractivity contribution < 1.29 is 4.74 Å². The van der Waals surface area contributed by atoms with Gasteiger partial charge in [0, 0.05) is 0 Å². The van der Waals surface area contributed by atoms with Crippen LogP contribution in [0.3, 0.4) is 0 Å². The van der Waals surface area contributed by atoms with Gasteiger partial charge in [0.2, 0.25) is 0 Å². The van der Waals surface area contributed by atoms with Gasteiger partial charge < -0.3 is 4.74 Å². The average Bonchev–Trinajstić information content (AvgIpc) is 2.83. The monoisotopic (exact) mass is 523 g/mol. The Hall–Kier alpha value is -0.0400. The molecule has 0 saturated carbocycles. The summed E-state index contributed by atoms with van der Waals surface area (Å²) in [4.78, 5) is 0. The highest BCUT2D eigenvalue weighted by atomic mass is 16.5. The van der Waals surface area contributed by atoms with E-state index in [1.54, 1.807) is 0 Å². The maximum Gasteiger partial charge on any atom is 0.0604 e. The molecule has 0 spiro atoms. The third-order valence-corrected chi connectivity index (χ3v) is 8.49. The fraction of sp³-hybridized carbons (Fsp3) is 1.00. The maximum absolute atomic E-state index is 7.12. The lowest BCUT2D eigenvalue weighted by Gasteiger charge is -2.34. The van der Waals surface area contributed by atoms with E-state index in [-0.39, 0.29) is 0 Å². The molecule has 0 radical (unpaired) electrons. The van der Waals surface area contributed by atoms with Crippen LogP contribution in [0, 0.1) is 23.7 Å². The summed E-state index contributed by atoms with van der Waals surface area (Å²) in [5.74, 6) is 2.86. The minimum Gasteiger partial charge on any atom is -0.374 e. The Morgan fingerprint density at radius 3 is 0.919 bits per heavy atom. The normalized spacial score (nSPS) is 15.4. The Balaban J connectivity index is 4.68. The van der Waals surface area contributed by atoms with Crippen molar-refractivity contribution >= 4 is 0 Å². The number of hydrogen-bond acceptors (Lipinski definition) is 1. The first-order chi connectivity index (χ1) is 17.8. The smallest absolute Gasteiger partial charge is 0.0604 e. The predicted molar refractivity (Wildman–Crippen MR) is 170 cm³/mol. The van der Waals surface area contributed by atoms with Gasteiger partial charge in [0.05, 0.1) is 12.2 Å². The summed E-state index contributed by atoms with van der Waals surface area (Å²) in [7, 11) is 0. The molecule has 0 aromatic rings. The van der Waals surface area contributed by atoms with Crippen molar-refractivity contribution in [2.75, 3.05) is 0 Å². The molecule has 0 N–H and O–H groups in total. The van der Waals surface area contributed by atoms with Gasteiger partial charge in [0.1, 0.15) is 0 Å². The highest BCUT2D eigenvalue weighted by Gasteiger charge is 2.26. The molecule has 0 amide bonds. The Bertz CT molecular complexity index is 402. The molecule has 37 heavy (non-hydrogen) atoms. The molecule has 0 aliphatic rings. The summed E-state index contributed by atoms with van der Waals surface area (Å²) in [6.07, 6.45) is 31.4. The fourth-order valence-electron chi connectivity index (χ4n) is 6.30. The highest BCUT2D eigenvalue weighted by Crippen LogP contribution is 2.29. The van der Waals surface area contributed by atoms with Crippen molar-refractivity contribution in [3.8, 4) is 0 Å². The van der Waals surface area contributed by atoms with Gasteiger partial charge in [-0.1, -0.05) is 171 Å². The van der Waals surface area contributed by atoms with Crippen LogP contribution in [-0.4, -0.2) is 12.2 Å². The van der Waals surface area contributed by atoms with Gasteiger partial charge in [-0.3, -0.25) is 0 Å². The Kier molecular flexibility index (Phi) is 26.2. The number of rotatable bonds is 28. The van der Waals surface area contributed by atoms with Crippen molar-refractivity contribution in [2.45, 2.75) is 209 Å². The topological polar surface area (TPSA) is 9.23 Å².